The molecule has 0 spiro atoms. The van der Waals surface area contributed by atoms with Crippen LogP contribution in [0, 0.1) is 0 Å². The lowest BCUT2D eigenvalue weighted by atomic mass is 10.1. The molecule has 27 heavy (non-hydrogen) atoms. The van der Waals surface area contributed by atoms with E-state index in [-0.39, 0.29) is 11.6 Å². The summed E-state index contributed by atoms with van der Waals surface area (Å²) in [6.07, 6.45) is 0. The van der Waals surface area contributed by atoms with Crippen molar-refractivity contribution in [3.63, 3.8) is 0 Å². The number of fused-ring (bicyclic) bond motifs is 1. The fourth-order valence-electron chi connectivity index (χ4n) is 2.93. The van der Waals surface area contributed by atoms with Crippen LogP contribution in [0.1, 0.15) is 22.0 Å². The summed E-state index contributed by atoms with van der Waals surface area (Å²) in [5.41, 5.74) is 0.855. The third kappa shape index (κ3) is 4.17. The highest BCUT2D eigenvalue weighted by Crippen LogP contribution is 2.21. The van der Waals surface area contributed by atoms with Crippen LogP contribution in [0.3, 0.4) is 0 Å². The molecule has 1 atom stereocenters. The topological polar surface area (TPSA) is 71.8 Å². The summed E-state index contributed by atoms with van der Waals surface area (Å²) >= 11 is 0. The number of rotatable bonds is 6. The van der Waals surface area contributed by atoms with Gasteiger partial charge in [0.25, 0.3) is 5.91 Å². The third-order valence-electron chi connectivity index (χ3n) is 4.47. The van der Waals surface area contributed by atoms with E-state index in [9.17, 15) is 9.59 Å². The van der Waals surface area contributed by atoms with Crippen molar-refractivity contribution < 1.29 is 13.9 Å². The van der Waals surface area contributed by atoms with Crippen molar-refractivity contribution in [2.75, 3.05) is 27.7 Å². The van der Waals surface area contributed by atoms with E-state index < -0.39 is 11.5 Å². The lowest BCUT2D eigenvalue weighted by Gasteiger charge is -2.25. The molecule has 0 aliphatic carbocycles. The number of methoxy groups -OCH3 is 1. The number of amides is 1. The number of para-hydroxylation sites is 1. The van der Waals surface area contributed by atoms with Crippen molar-refractivity contribution in [2.45, 2.75) is 6.04 Å². The van der Waals surface area contributed by atoms with Crippen LogP contribution in [-0.2, 0) is 0 Å². The van der Waals surface area contributed by atoms with Gasteiger partial charge >= 0.3 is 5.63 Å². The zero-order chi connectivity index (χ0) is 19.4. The van der Waals surface area contributed by atoms with Gasteiger partial charge in [-0.3, -0.25) is 4.79 Å². The number of benzene rings is 2. The Morgan fingerprint density at radius 3 is 2.52 bits per heavy atom. The van der Waals surface area contributed by atoms with Crippen molar-refractivity contribution in [3.05, 3.63) is 76.1 Å². The van der Waals surface area contributed by atoms with E-state index in [4.69, 9.17) is 9.15 Å². The zero-order valence-corrected chi connectivity index (χ0v) is 15.6. The molecule has 6 heteroatoms. The van der Waals surface area contributed by atoms with Crippen molar-refractivity contribution in [3.8, 4) is 5.75 Å². The van der Waals surface area contributed by atoms with Gasteiger partial charge in [0.05, 0.1) is 13.2 Å². The van der Waals surface area contributed by atoms with Gasteiger partial charge in [-0.15, -0.1) is 0 Å². The quantitative estimate of drug-likeness (QED) is 0.679. The summed E-state index contributed by atoms with van der Waals surface area (Å²) in [5, 5.41) is 3.55. The molecule has 0 unspecified atom stereocenters. The number of nitrogens with one attached hydrogen (secondary N) is 1. The molecule has 2 aromatic carbocycles. The summed E-state index contributed by atoms with van der Waals surface area (Å²) in [4.78, 5) is 26.7. The lowest BCUT2D eigenvalue weighted by Crippen LogP contribution is -2.36. The molecule has 0 fully saturated rings. The monoisotopic (exact) mass is 366 g/mol. The van der Waals surface area contributed by atoms with Crippen LogP contribution in [0.4, 0.5) is 0 Å². The van der Waals surface area contributed by atoms with Gasteiger partial charge in [0.15, 0.2) is 0 Å². The second-order valence-corrected chi connectivity index (χ2v) is 6.45. The molecule has 6 nitrogen and oxygen atoms in total. The standard InChI is InChI=1S/C21H22N2O4/c1-23(2)18(14-8-10-16(26-3)11-9-14)13-22-20(24)17-12-15-6-4-5-7-19(15)27-21(17)25/h4-12,18H,13H2,1-3H3,(H,22,24)/t18-/m0/s1. The fraction of sp³-hybridized carbons (Fsp3) is 0.238. The van der Waals surface area contributed by atoms with Crippen LogP contribution in [0.25, 0.3) is 11.0 Å². The summed E-state index contributed by atoms with van der Waals surface area (Å²) in [5.74, 6) is 0.323. The maximum absolute atomic E-state index is 12.6. The maximum Gasteiger partial charge on any atom is 0.349 e. The first kappa shape index (κ1) is 18.7. The van der Waals surface area contributed by atoms with Gasteiger partial charge in [-0.1, -0.05) is 30.3 Å². The first-order valence-corrected chi connectivity index (χ1v) is 8.61. The molecule has 1 heterocycles. The molecule has 0 aliphatic heterocycles. The number of ether oxygens (including phenoxy) is 1. The minimum Gasteiger partial charge on any atom is -0.497 e. The van der Waals surface area contributed by atoms with E-state index in [1.807, 2.05) is 49.3 Å². The van der Waals surface area contributed by atoms with Gasteiger partial charge in [-0.2, -0.15) is 0 Å². The summed E-state index contributed by atoms with van der Waals surface area (Å²) in [6.45, 7) is 0.352. The minimum atomic E-state index is -0.642. The molecule has 3 aromatic rings. The largest absolute Gasteiger partial charge is 0.497 e. The Morgan fingerprint density at radius 1 is 1.15 bits per heavy atom. The number of nitrogens with zero attached hydrogens (tertiary/aromatic N) is 1. The number of carbonyl (C=O) groups excluding carboxylic acids is 1. The molecule has 0 aliphatic rings. The number of likely N-dealkylation sites (N-methyl/N-ethyl adjacent to an activating group) is 1. The maximum atomic E-state index is 12.6. The van der Waals surface area contributed by atoms with Gasteiger partial charge < -0.3 is 19.4 Å². The number of hydrogen-bond acceptors (Lipinski definition) is 5. The van der Waals surface area contributed by atoms with Gasteiger partial charge in [-0.05, 0) is 43.9 Å². The zero-order valence-electron chi connectivity index (χ0n) is 15.6. The van der Waals surface area contributed by atoms with Crippen LogP contribution in [0.2, 0.25) is 0 Å². The minimum absolute atomic E-state index is 0.000868. The van der Waals surface area contributed by atoms with Gasteiger partial charge in [0.1, 0.15) is 16.9 Å². The molecular weight excluding hydrogens is 344 g/mol. The molecular formula is C21H22N2O4. The van der Waals surface area contributed by atoms with Crippen LogP contribution in [0.5, 0.6) is 5.75 Å². The van der Waals surface area contributed by atoms with Gasteiger partial charge in [-0.25, -0.2) is 4.79 Å². The Bertz CT molecular complexity index is 993. The molecule has 1 amide bonds. The Kier molecular flexibility index (Phi) is 5.57. The molecule has 3 rings (SSSR count). The molecule has 1 N–H and O–H groups in total. The summed E-state index contributed by atoms with van der Waals surface area (Å²) < 4.78 is 10.4. The second-order valence-electron chi connectivity index (χ2n) is 6.45. The van der Waals surface area contributed by atoms with E-state index in [2.05, 4.69) is 5.32 Å². The van der Waals surface area contributed by atoms with Gasteiger partial charge in [0, 0.05) is 11.9 Å². The van der Waals surface area contributed by atoms with Crippen molar-refractivity contribution in [1.29, 1.82) is 0 Å². The van der Waals surface area contributed by atoms with Crippen LogP contribution < -0.4 is 15.7 Å². The molecule has 0 saturated heterocycles. The molecule has 1 aromatic heterocycles. The van der Waals surface area contributed by atoms with E-state index in [1.54, 1.807) is 31.4 Å². The fourth-order valence-corrected chi connectivity index (χ4v) is 2.93. The Hall–Kier alpha value is -3.12. The predicted octanol–water partition coefficient (Wildman–Crippen LogP) is 2.83. The third-order valence-corrected chi connectivity index (χ3v) is 4.47. The average Bonchev–Trinajstić information content (AvgIpc) is 2.67. The molecule has 0 bridgehead atoms. The average molecular weight is 366 g/mol. The normalized spacial score (nSPS) is 12.1. The van der Waals surface area contributed by atoms with Crippen molar-refractivity contribution in [1.82, 2.24) is 10.2 Å². The highest BCUT2D eigenvalue weighted by molar-refractivity contribution is 5.96. The van der Waals surface area contributed by atoms with Gasteiger partial charge in [0.2, 0.25) is 0 Å². The first-order valence-electron chi connectivity index (χ1n) is 8.61. The van der Waals surface area contributed by atoms with E-state index in [0.29, 0.717) is 17.5 Å². The summed E-state index contributed by atoms with van der Waals surface area (Å²) in [6, 6.07) is 16.3. The van der Waals surface area contributed by atoms with E-state index in [0.717, 1.165) is 11.3 Å². The van der Waals surface area contributed by atoms with Crippen molar-refractivity contribution in [2.24, 2.45) is 0 Å². The molecule has 0 saturated carbocycles. The number of carbonyl (C=O) groups is 1. The van der Waals surface area contributed by atoms with E-state index in [1.165, 1.54) is 0 Å². The Labute approximate surface area is 157 Å². The number of hydrogen-bond donors (Lipinski definition) is 1. The van der Waals surface area contributed by atoms with Crippen molar-refractivity contribution >= 4 is 16.9 Å². The van der Waals surface area contributed by atoms with Crippen LogP contribution in [-0.4, -0.2) is 38.6 Å². The molecule has 140 valence electrons. The highest BCUT2D eigenvalue weighted by Gasteiger charge is 2.18. The summed E-state index contributed by atoms with van der Waals surface area (Å²) in [7, 11) is 5.49. The Morgan fingerprint density at radius 2 is 1.85 bits per heavy atom. The molecule has 0 radical (unpaired) electrons. The van der Waals surface area contributed by atoms with Crippen LogP contribution >= 0.6 is 0 Å². The first-order chi connectivity index (χ1) is 13.0. The predicted molar refractivity (Wildman–Crippen MR) is 104 cm³/mol. The van der Waals surface area contributed by atoms with Crippen LogP contribution in [0.15, 0.2) is 63.8 Å². The smallest absolute Gasteiger partial charge is 0.349 e. The lowest BCUT2D eigenvalue weighted by molar-refractivity contribution is 0.0938. The Balaban J connectivity index is 1.78. The second kappa shape index (κ2) is 8.05. The van der Waals surface area contributed by atoms with E-state index >= 15 is 0 Å². The highest BCUT2D eigenvalue weighted by atomic mass is 16.5. The SMILES string of the molecule is COc1ccc([C@H](CNC(=O)c2cc3ccccc3oc2=O)N(C)C)cc1.